The highest BCUT2D eigenvalue weighted by atomic mass is 16.2. The van der Waals surface area contributed by atoms with Gasteiger partial charge in [-0.3, -0.25) is 19.8 Å². The number of imide groups is 1. The number of carbonyl (C=O) groups is 3. The zero-order chi connectivity index (χ0) is 20.6. The van der Waals surface area contributed by atoms with Crippen molar-refractivity contribution in [1.82, 2.24) is 15.1 Å². The molecule has 4 amide bonds. The maximum atomic E-state index is 13.4. The van der Waals surface area contributed by atoms with E-state index in [9.17, 15) is 14.4 Å². The molecular formula is C22H26N4O3. The van der Waals surface area contributed by atoms with Crippen LogP contribution in [0.25, 0.3) is 0 Å². The predicted octanol–water partition coefficient (Wildman–Crippen LogP) is 1.55. The summed E-state index contributed by atoms with van der Waals surface area (Å²) in [5.41, 5.74) is 6.91. The van der Waals surface area contributed by atoms with E-state index in [0.717, 1.165) is 11.1 Å². The zero-order valence-corrected chi connectivity index (χ0v) is 16.3. The maximum absolute atomic E-state index is 13.4. The number of benzene rings is 2. The van der Waals surface area contributed by atoms with Gasteiger partial charge >= 0.3 is 6.03 Å². The second-order valence-corrected chi connectivity index (χ2v) is 7.08. The SMILES string of the molecule is NC(=O)NC(=O)CCN1CCN(C(=O)C(c2ccccc2)c2ccccc2)CC1. The van der Waals surface area contributed by atoms with Crippen LogP contribution in [0.15, 0.2) is 60.7 Å². The topological polar surface area (TPSA) is 95.7 Å². The standard InChI is InChI=1S/C22H26N4O3/c23-22(29)24-19(27)11-12-25-13-15-26(16-14-25)21(28)20(17-7-3-1-4-8-17)18-9-5-2-6-10-18/h1-10,20H,11-16H2,(H3,23,24,27,29). The lowest BCUT2D eigenvalue weighted by atomic mass is 9.90. The van der Waals surface area contributed by atoms with Crippen LogP contribution in [-0.2, 0) is 9.59 Å². The largest absolute Gasteiger partial charge is 0.351 e. The number of primary amides is 1. The summed E-state index contributed by atoms with van der Waals surface area (Å²) in [5, 5.41) is 2.07. The highest BCUT2D eigenvalue weighted by molar-refractivity contribution is 5.93. The number of carbonyl (C=O) groups excluding carboxylic acids is 3. The van der Waals surface area contributed by atoms with Crippen molar-refractivity contribution in [3.8, 4) is 0 Å². The molecule has 1 aliphatic rings. The van der Waals surface area contributed by atoms with Crippen molar-refractivity contribution in [2.45, 2.75) is 12.3 Å². The van der Waals surface area contributed by atoms with E-state index in [1.165, 1.54) is 0 Å². The van der Waals surface area contributed by atoms with E-state index in [-0.39, 0.29) is 24.2 Å². The number of hydrogen-bond donors (Lipinski definition) is 2. The molecule has 0 aromatic heterocycles. The van der Waals surface area contributed by atoms with E-state index in [0.29, 0.717) is 32.7 Å². The number of hydrogen-bond acceptors (Lipinski definition) is 4. The smallest absolute Gasteiger partial charge is 0.318 e. The van der Waals surface area contributed by atoms with Gasteiger partial charge in [-0.05, 0) is 11.1 Å². The van der Waals surface area contributed by atoms with Gasteiger partial charge in [0.2, 0.25) is 11.8 Å². The molecule has 3 N–H and O–H groups in total. The Morgan fingerprint density at radius 2 is 1.38 bits per heavy atom. The van der Waals surface area contributed by atoms with Gasteiger partial charge in [0.15, 0.2) is 0 Å². The van der Waals surface area contributed by atoms with Gasteiger partial charge in [-0.15, -0.1) is 0 Å². The highest BCUT2D eigenvalue weighted by Gasteiger charge is 2.29. The Hall–Kier alpha value is -3.19. The Kier molecular flexibility index (Phi) is 6.97. The number of piperazine rings is 1. The minimum atomic E-state index is -0.835. The van der Waals surface area contributed by atoms with Crippen molar-refractivity contribution in [2.24, 2.45) is 5.73 Å². The number of nitrogens with one attached hydrogen (secondary N) is 1. The van der Waals surface area contributed by atoms with Crippen molar-refractivity contribution < 1.29 is 14.4 Å². The lowest BCUT2D eigenvalue weighted by Crippen LogP contribution is -2.50. The summed E-state index contributed by atoms with van der Waals surface area (Å²) < 4.78 is 0. The van der Waals surface area contributed by atoms with Crippen LogP contribution in [0.5, 0.6) is 0 Å². The van der Waals surface area contributed by atoms with E-state index in [1.807, 2.05) is 65.6 Å². The Morgan fingerprint density at radius 1 is 0.862 bits per heavy atom. The highest BCUT2D eigenvalue weighted by Crippen LogP contribution is 2.27. The van der Waals surface area contributed by atoms with E-state index >= 15 is 0 Å². The molecule has 2 aromatic rings. The first-order valence-corrected chi connectivity index (χ1v) is 9.75. The fourth-order valence-electron chi connectivity index (χ4n) is 3.60. The first kappa shape index (κ1) is 20.5. The predicted molar refractivity (Wildman–Crippen MR) is 110 cm³/mol. The van der Waals surface area contributed by atoms with Crippen molar-refractivity contribution in [3.05, 3.63) is 71.8 Å². The molecule has 0 saturated carbocycles. The van der Waals surface area contributed by atoms with Gasteiger partial charge in [0.1, 0.15) is 0 Å². The average Bonchev–Trinajstić information content (AvgIpc) is 2.74. The molecule has 0 atom stereocenters. The van der Waals surface area contributed by atoms with E-state index in [1.54, 1.807) is 0 Å². The normalized spacial score (nSPS) is 14.6. The van der Waals surface area contributed by atoms with Gasteiger partial charge in [-0.25, -0.2) is 4.79 Å². The molecule has 1 saturated heterocycles. The first-order valence-electron chi connectivity index (χ1n) is 9.75. The summed E-state index contributed by atoms with van der Waals surface area (Å²) in [6.45, 7) is 3.11. The van der Waals surface area contributed by atoms with E-state index in [4.69, 9.17) is 5.73 Å². The van der Waals surface area contributed by atoms with Gasteiger partial charge in [-0.1, -0.05) is 60.7 Å². The molecule has 2 aromatic carbocycles. The molecule has 0 unspecified atom stereocenters. The molecule has 1 fully saturated rings. The molecular weight excluding hydrogens is 368 g/mol. The summed E-state index contributed by atoms with van der Waals surface area (Å²) in [4.78, 5) is 39.7. The number of nitrogens with zero attached hydrogens (tertiary/aromatic N) is 2. The monoisotopic (exact) mass is 394 g/mol. The van der Waals surface area contributed by atoms with E-state index in [2.05, 4.69) is 10.2 Å². The van der Waals surface area contributed by atoms with Crippen LogP contribution in [-0.4, -0.2) is 60.4 Å². The van der Waals surface area contributed by atoms with Crippen molar-refractivity contribution in [1.29, 1.82) is 0 Å². The third-order valence-corrected chi connectivity index (χ3v) is 5.11. The van der Waals surface area contributed by atoms with Crippen LogP contribution >= 0.6 is 0 Å². The molecule has 7 heteroatoms. The van der Waals surface area contributed by atoms with Crippen LogP contribution in [0.2, 0.25) is 0 Å². The second-order valence-electron chi connectivity index (χ2n) is 7.08. The third kappa shape index (κ3) is 5.65. The molecule has 0 spiro atoms. The lowest BCUT2D eigenvalue weighted by Gasteiger charge is -2.36. The van der Waals surface area contributed by atoms with Crippen molar-refractivity contribution >= 4 is 17.8 Å². The van der Waals surface area contributed by atoms with E-state index < -0.39 is 6.03 Å². The van der Waals surface area contributed by atoms with Gasteiger partial charge in [-0.2, -0.15) is 0 Å². The molecule has 0 aliphatic carbocycles. The Balaban J connectivity index is 1.62. The summed E-state index contributed by atoms with van der Waals surface area (Å²) in [7, 11) is 0. The molecule has 7 nitrogen and oxygen atoms in total. The molecule has 3 rings (SSSR count). The number of rotatable bonds is 6. The van der Waals surface area contributed by atoms with Crippen LogP contribution in [0.3, 0.4) is 0 Å². The molecule has 1 heterocycles. The quantitative estimate of drug-likeness (QED) is 0.777. The molecule has 29 heavy (non-hydrogen) atoms. The van der Waals surface area contributed by atoms with Gasteiger partial charge in [0.05, 0.1) is 5.92 Å². The minimum absolute atomic E-state index is 0.0912. The Bertz CT molecular complexity index is 794. The second kappa shape index (κ2) is 9.84. The van der Waals surface area contributed by atoms with Gasteiger partial charge < -0.3 is 10.6 Å². The fourth-order valence-corrected chi connectivity index (χ4v) is 3.60. The number of amides is 4. The summed E-state index contributed by atoms with van der Waals surface area (Å²) >= 11 is 0. The maximum Gasteiger partial charge on any atom is 0.318 e. The van der Waals surface area contributed by atoms with Crippen molar-refractivity contribution in [3.63, 3.8) is 0 Å². The van der Waals surface area contributed by atoms with Crippen LogP contribution < -0.4 is 11.1 Å². The van der Waals surface area contributed by atoms with Gasteiger partial charge in [0, 0.05) is 39.1 Å². The van der Waals surface area contributed by atoms with Crippen LogP contribution in [0, 0.1) is 0 Å². The minimum Gasteiger partial charge on any atom is -0.351 e. The summed E-state index contributed by atoms with van der Waals surface area (Å²) in [6.07, 6.45) is 0.202. The van der Waals surface area contributed by atoms with Crippen LogP contribution in [0.4, 0.5) is 4.79 Å². The molecule has 0 bridgehead atoms. The Morgan fingerprint density at radius 3 is 1.86 bits per heavy atom. The summed E-state index contributed by atoms with van der Waals surface area (Å²) in [5.74, 6) is -0.622. The fraction of sp³-hybridized carbons (Fsp3) is 0.318. The number of nitrogens with two attached hydrogens (primary N) is 1. The molecule has 152 valence electrons. The third-order valence-electron chi connectivity index (χ3n) is 5.11. The molecule has 1 aliphatic heterocycles. The number of urea groups is 1. The van der Waals surface area contributed by atoms with Crippen molar-refractivity contribution in [2.75, 3.05) is 32.7 Å². The zero-order valence-electron chi connectivity index (χ0n) is 16.3. The summed E-state index contributed by atoms with van der Waals surface area (Å²) in [6, 6.07) is 18.8. The van der Waals surface area contributed by atoms with Gasteiger partial charge in [0.25, 0.3) is 0 Å². The molecule has 0 radical (unpaired) electrons. The lowest BCUT2D eigenvalue weighted by molar-refractivity contribution is -0.134. The average molecular weight is 394 g/mol. The Labute approximate surface area is 170 Å². The first-order chi connectivity index (χ1) is 14.0. The van der Waals surface area contributed by atoms with Crippen LogP contribution in [0.1, 0.15) is 23.5 Å².